The Morgan fingerprint density at radius 1 is 1.22 bits per heavy atom. The molecule has 2 aromatic rings. The van der Waals surface area contributed by atoms with Crippen LogP contribution in [0.3, 0.4) is 0 Å². The monoisotopic (exact) mass is 301 g/mol. The van der Waals surface area contributed by atoms with Gasteiger partial charge in [-0.1, -0.05) is 23.2 Å². The molecule has 0 saturated heterocycles. The summed E-state index contributed by atoms with van der Waals surface area (Å²) in [7, 11) is 0. The van der Waals surface area contributed by atoms with E-state index in [9.17, 15) is 0 Å². The van der Waals surface area contributed by atoms with Crippen molar-refractivity contribution in [1.29, 1.82) is 0 Å². The Morgan fingerprint density at radius 2 is 2.06 bits per heavy atom. The summed E-state index contributed by atoms with van der Waals surface area (Å²) >= 11 is 13.5. The zero-order chi connectivity index (χ0) is 13.0. The second-order valence-electron chi connectivity index (χ2n) is 3.66. The Bertz CT molecular complexity index is 527. The lowest BCUT2D eigenvalue weighted by Gasteiger charge is -2.12. The zero-order valence-corrected chi connectivity index (χ0v) is 12.2. The van der Waals surface area contributed by atoms with Crippen molar-refractivity contribution in [2.75, 3.05) is 11.9 Å². The summed E-state index contributed by atoms with van der Waals surface area (Å²) < 4.78 is 5.54. The lowest BCUT2D eigenvalue weighted by Crippen LogP contribution is -2.01. The number of halogens is 2. The fourth-order valence-corrected chi connectivity index (χ4v) is 2.74. The van der Waals surface area contributed by atoms with Crippen LogP contribution in [-0.4, -0.2) is 6.61 Å². The van der Waals surface area contributed by atoms with E-state index in [2.05, 4.69) is 5.32 Å². The van der Waals surface area contributed by atoms with Gasteiger partial charge in [0.2, 0.25) is 0 Å². The number of rotatable bonds is 5. The van der Waals surface area contributed by atoms with Crippen LogP contribution in [0.15, 0.2) is 29.6 Å². The maximum Gasteiger partial charge on any atom is 0.142 e. The molecule has 2 rings (SSSR count). The molecule has 18 heavy (non-hydrogen) atoms. The molecular formula is C13H13Cl2NOS. The first-order chi connectivity index (χ1) is 8.69. The molecule has 1 heterocycles. The first-order valence-electron chi connectivity index (χ1n) is 5.58. The van der Waals surface area contributed by atoms with Gasteiger partial charge in [-0.15, -0.1) is 11.3 Å². The van der Waals surface area contributed by atoms with Gasteiger partial charge in [0.25, 0.3) is 0 Å². The highest BCUT2D eigenvalue weighted by molar-refractivity contribution is 7.10. The van der Waals surface area contributed by atoms with Gasteiger partial charge in [-0.2, -0.15) is 0 Å². The van der Waals surface area contributed by atoms with Gasteiger partial charge in [-0.3, -0.25) is 0 Å². The lowest BCUT2D eigenvalue weighted by molar-refractivity contribution is 0.341. The Morgan fingerprint density at radius 3 is 2.72 bits per heavy atom. The molecule has 0 aliphatic heterocycles. The van der Waals surface area contributed by atoms with Crippen LogP contribution in [0.25, 0.3) is 0 Å². The highest BCUT2D eigenvalue weighted by Crippen LogP contribution is 2.29. The number of hydrogen-bond acceptors (Lipinski definition) is 3. The molecule has 1 aromatic heterocycles. The molecule has 0 fully saturated rings. The molecule has 0 aliphatic rings. The van der Waals surface area contributed by atoms with E-state index in [-0.39, 0.29) is 0 Å². The maximum absolute atomic E-state index is 5.99. The molecule has 96 valence electrons. The summed E-state index contributed by atoms with van der Waals surface area (Å²) in [5.41, 5.74) is 0.897. The van der Waals surface area contributed by atoms with Crippen LogP contribution < -0.4 is 10.1 Å². The van der Waals surface area contributed by atoms with Crippen molar-refractivity contribution in [3.63, 3.8) is 0 Å². The molecule has 1 aromatic carbocycles. The normalized spacial score (nSPS) is 10.4. The Labute approximate surface area is 120 Å². The van der Waals surface area contributed by atoms with Gasteiger partial charge in [0.1, 0.15) is 5.75 Å². The van der Waals surface area contributed by atoms with E-state index in [1.54, 1.807) is 11.3 Å². The van der Waals surface area contributed by atoms with E-state index in [1.807, 2.05) is 36.6 Å². The third-order valence-corrected chi connectivity index (χ3v) is 3.84. The standard InChI is InChI=1S/C13H13Cl2NOS/c1-2-17-13-4-3-9(14)6-12(13)16-7-11-5-10(15)8-18-11/h3-6,8,16H,2,7H2,1H3. The van der Waals surface area contributed by atoms with Crippen LogP contribution >= 0.6 is 34.5 Å². The van der Waals surface area contributed by atoms with E-state index in [0.717, 1.165) is 16.5 Å². The minimum atomic E-state index is 0.626. The molecule has 0 unspecified atom stereocenters. The van der Waals surface area contributed by atoms with Crippen LogP contribution in [-0.2, 0) is 6.54 Å². The van der Waals surface area contributed by atoms with E-state index >= 15 is 0 Å². The summed E-state index contributed by atoms with van der Waals surface area (Å²) in [6, 6.07) is 7.50. The van der Waals surface area contributed by atoms with Gasteiger partial charge < -0.3 is 10.1 Å². The van der Waals surface area contributed by atoms with Crippen molar-refractivity contribution in [2.24, 2.45) is 0 Å². The van der Waals surface area contributed by atoms with Crippen molar-refractivity contribution in [3.05, 3.63) is 44.6 Å². The number of anilines is 1. The summed E-state index contributed by atoms with van der Waals surface area (Å²) in [4.78, 5) is 1.17. The molecule has 1 N–H and O–H groups in total. The predicted octanol–water partition coefficient (Wildman–Crippen LogP) is 5.07. The van der Waals surface area contributed by atoms with Gasteiger partial charge in [0, 0.05) is 21.8 Å². The van der Waals surface area contributed by atoms with Crippen molar-refractivity contribution in [1.82, 2.24) is 0 Å². The minimum Gasteiger partial charge on any atom is -0.492 e. The number of hydrogen-bond donors (Lipinski definition) is 1. The van der Waals surface area contributed by atoms with Crippen molar-refractivity contribution in [3.8, 4) is 5.75 Å². The molecule has 0 saturated carbocycles. The van der Waals surface area contributed by atoms with Crippen molar-refractivity contribution in [2.45, 2.75) is 13.5 Å². The number of benzene rings is 1. The summed E-state index contributed by atoms with van der Waals surface area (Å²) in [6.45, 7) is 3.29. The van der Waals surface area contributed by atoms with Gasteiger partial charge in [-0.25, -0.2) is 0 Å². The topological polar surface area (TPSA) is 21.3 Å². The molecule has 0 radical (unpaired) electrons. The van der Waals surface area contributed by atoms with Crippen LogP contribution in [0.1, 0.15) is 11.8 Å². The lowest BCUT2D eigenvalue weighted by atomic mass is 10.3. The highest BCUT2D eigenvalue weighted by atomic mass is 35.5. The van der Waals surface area contributed by atoms with Crippen molar-refractivity contribution >= 4 is 40.2 Å². The first kappa shape index (κ1) is 13.5. The van der Waals surface area contributed by atoms with Crippen LogP contribution in [0, 0.1) is 0 Å². The number of nitrogens with one attached hydrogen (secondary N) is 1. The molecule has 5 heteroatoms. The van der Waals surface area contributed by atoms with Crippen LogP contribution in [0.2, 0.25) is 10.0 Å². The Hall–Kier alpha value is -0.900. The minimum absolute atomic E-state index is 0.626. The van der Waals surface area contributed by atoms with Gasteiger partial charge in [-0.05, 0) is 31.2 Å². The summed E-state index contributed by atoms with van der Waals surface area (Å²) in [5, 5.41) is 6.68. The van der Waals surface area contributed by atoms with Crippen molar-refractivity contribution < 1.29 is 4.74 Å². The average molecular weight is 302 g/mol. The highest BCUT2D eigenvalue weighted by Gasteiger charge is 2.05. The molecule has 0 spiro atoms. The molecular weight excluding hydrogens is 289 g/mol. The van der Waals surface area contributed by atoms with Gasteiger partial charge in [0.15, 0.2) is 0 Å². The zero-order valence-electron chi connectivity index (χ0n) is 9.87. The van der Waals surface area contributed by atoms with E-state index < -0.39 is 0 Å². The van der Waals surface area contributed by atoms with E-state index in [1.165, 1.54) is 4.88 Å². The molecule has 0 aliphatic carbocycles. The fraction of sp³-hybridized carbons (Fsp3) is 0.231. The Balaban J connectivity index is 2.09. The third kappa shape index (κ3) is 3.55. The smallest absolute Gasteiger partial charge is 0.142 e. The number of thiophene rings is 1. The largest absolute Gasteiger partial charge is 0.492 e. The van der Waals surface area contributed by atoms with E-state index in [4.69, 9.17) is 27.9 Å². The maximum atomic E-state index is 5.99. The second-order valence-corrected chi connectivity index (χ2v) is 5.53. The van der Waals surface area contributed by atoms with Gasteiger partial charge in [0.05, 0.1) is 17.3 Å². The van der Waals surface area contributed by atoms with Crippen LogP contribution in [0.5, 0.6) is 5.75 Å². The molecule has 2 nitrogen and oxygen atoms in total. The summed E-state index contributed by atoms with van der Waals surface area (Å²) in [5.74, 6) is 0.810. The summed E-state index contributed by atoms with van der Waals surface area (Å²) in [6.07, 6.45) is 0. The quantitative estimate of drug-likeness (QED) is 0.833. The molecule has 0 atom stereocenters. The number of ether oxygens (including phenoxy) is 1. The third-order valence-electron chi connectivity index (χ3n) is 2.32. The van der Waals surface area contributed by atoms with Gasteiger partial charge >= 0.3 is 0 Å². The fourth-order valence-electron chi connectivity index (χ4n) is 1.55. The van der Waals surface area contributed by atoms with Crippen LogP contribution in [0.4, 0.5) is 5.69 Å². The SMILES string of the molecule is CCOc1ccc(Cl)cc1NCc1cc(Cl)cs1. The average Bonchev–Trinajstić information content (AvgIpc) is 2.76. The van der Waals surface area contributed by atoms with E-state index in [0.29, 0.717) is 18.2 Å². The Kier molecular flexibility index (Phi) is 4.75. The first-order valence-corrected chi connectivity index (χ1v) is 7.21. The second kappa shape index (κ2) is 6.32. The molecule has 0 bridgehead atoms. The predicted molar refractivity (Wildman–Crippen MR) is 79.3 cm³/mol. The molecule has 0 amide bonds.